The van der Waals surface area contributed by atoms with Crippen molar-refractivity contribution in [3.05, 3.63) is 63.5 Å². The van der Waals surface area contributed by atoms with Crippen molar-refractivity contribution in [2.24, 2.45) is 0 Å². The number of halogens is 1. The highest BCUT2D eigenvalue weighted by Gasteiger charge is 2.18. The van der Waals surface area contributed by atoms with Gasteiger partial charge in [-0.25, -0.2) is 4.79 Å². The summed E-state index contributed by atoms with van der Waals surface area (Å²) in [5.74, 6) is -0.898. The molecule has 3 rings (SSSR count). The number of carbonyl (C=O) groups is 2. The molecule has 0 saturated carbocycles. The molecule has 0 bridgehead atoms. The number of benzene rings is 2. The van der Waals surface area contributed by atoms with Crippen molar-refractivity contribution in [1.82, 2.24) is 5.32 Å². The highest BCUT2D eigenvalue weighted by molar-refractivity contribution is 6.30. The van der Waals surface area contributed by atoms with Crippen LogP contribution >= 0.6 is 11.6 Å². The predicted molar refractivity (Wildman–Crippen MR) is 113 cm³/mol. The maximum absolute atomic E-state index is 13.0. The number of fused-ring (bicyclic) bond motifs is 1. The molecule has 1 unspecified atom stereocenters. The Morgan fingerprint density at radius 3 is 2.53 bits per heavy atom. The number of carbonyl (C=O) groups excluding carboxylic acids is 1. The summed E-state index contributed by atoms with van der Waals surface area (Å²) in [4.78, 5) is 35.9. The van der Waals surface area contributed by atoms with Gasteiger partial charge in [0.2, 0.25) is 5.43 Å². The minimum atomic E-state index is -1.11. The quantitative estimate of drug-likeness (QED) is 0.592. The summed E-state index contributed by atoms with van der Waals surface area (Å²) in [6, 6.07) is 10.6. The first-order chi connectivity index (χ1) is 14.3. The fourth-order valence-electron chi connectivity index (χ4n) is 3.05. The van der Waals surface area contributed by atoms with Crippen LogP contribution in [-0.4, -0.2) is 29.6 Å². The van der Waals surface area contributed by atoms with Crippen LogP contribution in [0.1, 0.15) is 19.1 Å². The number of aryl methyl sites for hydroxylation is 1. The summed E-state index contributed by atoms with van der Waals surface area (Å²) in [6.07, 6.45) is 0.261. The summed E-state index contributed by atoms with van der Waals surface area (Å²) < 4.78 is 11.3. The zero-order chi connectivity index (χ0) is 21.8. The highest BCUT2D eigenvalue weighted by atomic mass is 35.5. The molecule has 0 aliphatic heterocycles. The molecule has 0 saturated heterocycles. The van der Waals surface area contributed by atoms with Gasteiger partial charge in [0.25, 0.3) is 5.91 Å². The van der Waals surface area contributed by atoms with E-state index in [4.69, 9.17) is 25.9 Å². The molecule has 1 heterocycles. The molecule has 156 valence electrons. The molecule has 0 radical (unpaired) electrons. The summed E-state index contributed by atoms with van der Waals surface area (Å²) in [6.45, 7) is 3.00. The zero-order valence-corrected chi connectivity index (χ0v) is 17.2. The van der Waals surface area contributed by atoms with E-state index < -0.39 is 17.9 Å². The third kappa shape index (κ3) is 4.63. The van der Waals surface area contributed by atoms with E-state index in [1.54, 1.807) is 50.2 Å². The van der Waals surface area contributed by atoms with Gasteiger partial charge in [0, 0.05) is 11.1 Å². The Morgan fingerprint density at radius 2 is 1.90 bits per heavy atom. The monoisotopic (exact) mass is 429 g/mol. The van der Waals surface area contributed by atoms with E-state index in [2.05, 4.69) is 5.32 Å². The van der Waals surface area contributed by atoms with E-state index in [0.29, 0.717) is 38.6 Å². The minimum Gasteiger partial charge on any atom is -0.484 e. The van der Waals surface area contributed by atoms with Crippen LogP contribution in [0.4, 0.5) is 0 Å². The van der Waals surface area contributed by atoms with E-state index in [0.717, 1.165) is 0 Å². The van der Waals surface area contributed by atoms with Crippen LogP contribution in [0.5, 0.6) is 5.75 Å². The van der Waals surface area contributed by atoms with Crippen molar-refractivity contribution in [3.63, 3.8) is 0 Å². The van der Waals surface area contributed by atoms with Gasteiger partial charge >= 0.3 is 5.97 Å². The Morgan fingerprint density at radius 1 is 1.20 bits per heavy atom. The van der Waals surface area contributed by atoms with Gasteiger partial charge in [0.15, 0.2) is 6.61 Å². The minimum absolute atomic E-state index is 0.187. The SMILES string of the molecule is CCC(NC(=O)COc1ccc2c(=O)c(-c3ccc(Cl)cc3)c(C)oc2c1)C(=O)O. The lowest BCUT2D eigenvalue weighted by Gasteiger charge is -2.13. The Labute approximate surface area is 177 Å². The van der Waals surface area contributed by atoms with Gasteiger partial charge in [-0.15, -0.1) is 0 Å². The van der Waals surface area contributed by atoms with Gasteiger partial charge in [-0.05, 0) is 43.2 Å². The van der Waals surface area contributed by atoms with Gasteiger partial charge < -0.3 is 19.6 Å². The van der Waals surface area contributed by atoms with Crippen LogP contribution in [0.25, 0.3) is 22.1 Å². The van der Waals surface area contributed by atoms with Gasteiger partial charge in [0.05, 0.1) is 10.9 Å². The van der Waals surface area contributed by atoms with Crippen LogP contribution in [0, 0.1) is 6.92 Å². The second-order valence-electron chi connectivity index (χ2n) is 6.68. The lowest BCUT2D eigenvalue weighted by Crippen LogP contribution is -2.42. The third-order valence-corrected chi connectivity index (χ3v) is 4.84. The fourth-order valence-corrected chi connectivity index (χ4v) is 3.18. The molecule has 3 aromatic rings. The molecule has 30 heavy (non-hydrogen) atoms. The van der Waals surface area contributed by atoms with Crippen molar-refractivity contribution in [1.29, 1.82) is 0 Å². The first kappa shape index (κ1) is 21.4. The number of carboxylic acids is 1. The Bertz CT molecular complexity index is 1150. The Balaban J connectivity index is 1.83. The number of nitrogens with one attached hydrogen (secondary N) is 1. The average Bonchev–Trinajstić information content (AvgIpc) is 2.71. The highest BCUT2D eigenvalue weighted by Crippen LogP contribution is 2.27. The molecule has 2 aromatic carbocycles. The molecule has 8 heteroatoms. The van der Waals surface area contributed by atoms with E-state index in [9.17, 15) is 14.4 Å². The molecular weight excluding hydrogens is 410 g/mol. The molecule has 0 aliphatic rings. The number of carboxylic acid groups (broad SMARTS) is 1. The Kier molecular flexibility index (Phi) is 6.42. The predicted octanol–water partition coefficient (Wildman–Crippen LogP) is 3.78. The molecule has 1 atom stereocenters. The van der Waals surface area contributed by atoms with E-state index in [-0.39, 0.29) is 18.5 Å². The van der Waals surface area contributed by atoms with Crippen LogP contribution in [0.15, 0.2) is 51.7 Å². The van der Waals surface area contributed by atoms with Gasteiger partial charge in [-0.2, -0.15) is 0 Å². The van der Waals surface area contributed by atoms with Crippen LogP contribution < -0.4 is 15.5 Å². The van der Waals surface area contributed by atoms with E-state index in [1.807, 2.05) is 0 Å². The second-order valence-corrected chi connectivity index (χ2v) is 7.12. The topological polar surface area (TPSA) is 106 Å². The van der Waals surface area contributed by atoms with Crippen molar-refractivity contribution < 1.29 is 23.8 Å². The average molecular weight is 430 g/mol. The van der Waals surface area contributed by atoms with E-state index in [1.165, 1.54) is 6.07 Å². The number of rotatable bonds is 7. The first-order valence-corrected chi connectivity index (χ1v) is 9.66. The maximum Gasteiger partial charge on any atom is 0.326 e. The van der Waals surface area contributed by atoms with E-state index >= 15 is 0 Å². The van der Waals surface area contributed by atoms with Crippen molar-refractivity contribution in [2.45, 2.75) is 26.3 Å². The van der Waals surface area contributed by atoms with Crippen LogP contribution in [0.2, 0.25) is 5.02 Å². The molecule has 0 spiro atoms. The largest absolute Gasteiger partial charge is 0.484 e. The standard InChI is InChI=1S/C22H20ClNO6/c1-3-17(22(27)28)24-19(25)11-29-15-8-9-16-18(10-15)30-12(2)20(21(16)26)13-4-6-14(23)7-5-13/h4-10,17H,3,11H2,1-2H3,(H,24,25)(H,27,28). The zero-order valence-electron chi connectivity index (χ0n) is 16.4. The van der Waals surface area contributed by atoms with Gasteiger partial charge in [0.1, 0.15) is 23.1 Å². The normalized spacial score (nSPS) is 11.8. The smallest absolute Gasteiger partial charge is 0.326 e. The second kappa shape index (κ2) is 9.00. The molecule has 1 amide bonds. The molecule has 0 aliphatic carbocycles. The third-order valence-electron chi connectivity index (χ3n) is 4.58. The first-order valence-electron chi connectivity index (χ1n) is 9.28. The van der Waals surface area contributed by atoms with Crippen LogP contribution in [-0.2, 0) is 9.59 Å². The molecule has 0 fully saturated rings. The summed E-state index contributed by atoms with van der Waals surface area (Å²) >= 11 is 5.92. The molecule has 7 nitrogen and oxygen atoms in total. The fraction of sp³-hybridized carbons (Fsp3) is 0.227. The number of hydrogen-bond acceptors (Lipinski definition) is 5. The summed E-state index contributed by atoms with van der Waals surface area (Å²) in [5.41, 5.74) is 1.29. The lowest BCUT2D eigenvalue weighted by atomic mass is 10.0. The number of amides is 1. The van der Waals surface area contributed by atoms with Crippen LogP contribution in [0.3, 0.4) is 0 Å². The van der Waals surface area contributed by atoms with Crippen molar-refractivity contribution in [2.75, 3.05) is 6.61 Å². The molecule has 2 N–H and O–H groups in total. The molecule has 1 aromatic heterocycles. The van der Waals surface area contributed by atoms with Gasteiger partial charge in [-0.3, -0.25) is 9.59 Å². The van der Waals surface area contributed by atoms with Gasteiger partial charge in [-0.1, -0.05) is 30.7 Å². The number of aliphatic carboxylic acids is 1. The van der Waals surface area contributed by atoms with Crippen molar-refractivity contribution in [3.8, 4) is 16.9 Å². The lowest BCUT2D eigenvalue weighted by molar-refractivity contribution is -0.142. The molecular formula is C22H20ClNO6. The number of ether oxygens (including phenoxy) is 1. The van der Waals surface area contributed by atoms with Crippen molar-refractivity contribution >= 4 is 34.4 Å². The summed E-state index contributed by atoms with van der Waals surface area (Å²) in [5, 5.41) is 12.3. The Hall–Kier alpha value is -3.32. The maximum atomic E-state index is 13.0. The summed E-state index contributed by atoms with van der Waals surface area (Å²) in [7, 11) is 0. The number of hydrogen-bond donors (Lipinski definition) is 2.